The molecule has 1 aromatic heterocycles. The molecule has 0 aliphatic rings. The molecular weight excluding hydrogens is 507 g/mol. The number of aliphatic imine (C=N–C) groups is 1. The first-order valence-corrected chi connectivity index (χ1v) is 9.82. The van der Waals surface area contributed by atoms with Gasteiger partial charge in [-0.3, -0.25) is 4.68 Å². The summed E-state index contributed by atoms with van der Waals surface area (Å²) in [6.45, 7) is 3.93. The minimum Gasteiger partial charge on any atom is -0.493 e. The van der Waals surface area contributed by atoms with E-state index in [0.29, 0.717) is 37.0 Å². The second kappa shape index (κ2) is 14.8. The van der Waals surface area contributed by atoms with Gasteiger partial charge in [0, 0.05) is 43.7 Å². The van der Waals surface area contributed by atoms with E-state index >= 15 is 0 Å². The first-order chi connectivity index (χ1) is 14.1. The van der Waals surface area contributed by atoms with Crippen molar-refractivity contribution in [2.24, 2.45) is 4.99 Å². The van der Waals surface area contributed by atoms with Gasteiger partial charge in [-0.15, -0.1) is 24.0 Å². The van der Waals surface area contributed by atoms with Gasteiger partial charge in [-0.25, -0.2) is 4.99 Å². The Balaban J connectivity index is 0.00000450. The smallest absolute Gasteiger partial charge is 0.387 e. The van der Waals surface area contributed by atoms with E-state index in [9.17, 15) is 8.78 Å². The van der Waals surface area contributed by atoms with Crippen molar-refractivity contribution in [1.29, 1.82) is 0 Å². The van der Waals surface area contributed by atoms with E-state index in [1.807, 2.05) is 30.8 Å². The molecule has 168 valence electrons. The molecule has 2 N–H and O–H groups in total. The number of benzene rings is 1. The molecule has 0 saturated heterocycles. The zero-order valence-electron chi connectivity index (χ0n) is 17.3. The summed E-state index contributed by atoms with van der Waals surface area (Å²) in [5.41, 5.74) is 0.558. The summed E-state index contributed by atoms with van der Waals surface area (Å²) in [7, 11) is 0. The van der Waals surface area contributed by atoms with Crippen LogP contribution < -0.4 is 20.1 Å². The molecule has 1 aromatic carbocycles. The van der Waals surface area contributed by atoms with Crippen LogP contribution in [0.25, 0.3) is 0 Å². The van der Waals surface area contributed by atoms with Gasteiger partial charge in [0.1, 0.15) is 11.5 Å². The van der Waals surface area contributed by atoms with Crippen molar-refractivity contribution in [3.8, 4) is 11.5 Å². The number of hydrogen-bond acceptors (Lipinski definition) is 4. The lowest BCUT2D eigenvalue weighted by Crippen LogP contribution is -2.38. The third kappa shape index (κ3) is 9.59. The number of aromatic nitrogens is 2. The fraction of sp³-hybridized carbons (Fsp3) is 0.500. The van der Waals surface area contributed by atoms with E-state index < -0.39 is 6.61 Å². The third-order valence-corrected chi connectivity index (χ3v) is 3.89. The SMILES string of the molecule is CCCOc1ccc(CN=C(NCC)NCCCn2cccn2)c(OC(F)F)c1.I. The van der Waals surface area contributed by atoms with E-state index in [-0.39, 0.29) is 36.3 Å². The van der Waals surface area contributed by atoms with E-state index in [0.717, 1.165) is 19.4 Å². The van der Waals surface area contributed by atoms with Gasteiger partial charge in [0.25, 0.3) is 0 Å². The maximum absolute atomic E-state index is 12.8. The normalized spacial score (nSPS) is 11.2. The lowest BCUT2D eigenvalue weighted by atomic mass is 10.2. The summed E-state index contributed by atoms with van der Waals surface area (Å²) in [5.74, 6) is 1.19. The van der Waals surface area contributed by atoms with Crippen LogP contribution in [0.5, 0.6) is 11.5 Å². The van der Waals surface area contributed by atoms with Crippen molar-refractivity contribution in [2.75, 3.05) is 19.7 Å². The van der Waals surface area contributed by atoms with Crippen molar-refractivity contribution in [2.45, 2.75) is 46.4 Å². The molecule has 0 bridgehead atoms. The summed E-state index contributed by atoms with van der Waals surface area (Å²) in [6, 6.07) is 6.81. The van der Waals surface area contributed by atoms with Crippen LogP contribution in [0.4, 0.5) is 8.78 Å². The second-order valence-corrected chi connectivity index (χ2v) is 6.24. The topological polar surface area (TPSA) is 72.7 Å². The number of nitrogens with zero attached hydrogens (tertiary/aromatic N) is 3. The lowest BCUT2D eigenvalue weighted by molar-refractivity contribution is -0.0505. The Labute approximate surface area is 193 Å². The van der Waals surface area contributed by atoms with Crippen LogP contribution in [0.1, 0.15) is 32.3 Å². The van der Waals surface area contributed by atoms with Crippen molar-refractivity contribution in [3.05, 3.63) is 42.2 Å². The Morgan fingerprint density at radius 3 is 2.77 bits per heavy atom. The van der Waals surface area contributed by atoms with Crippen molar-refractivity contribution < 1.29 is 18.3 Å². The van der Waals surface area contributed by atoms with E-state index in [2.05, 4.69) is 25.5 Å². The lowest BCUT2D eigenvalue weighted by Gasteiger charge is -2.14. The van der Waals surface area contributed by atoms with Crippen LogP contribution in [-0.4, -0.2) is 42.0 Å². The zero-order valence-corrected chi connectivity index (χ0v) is 19.6. The molecule has 1 heterocycles. The highest BCUT2D eigenvalue weighted by Gasteiger charge is 2.11. The van der Waals surface area contributed by atoms with Crippen LogP contribution >= 0.6 is 24.0 Å². The predicted molar refractivity (Wildman–Crippen MR) is 124 cm³/mol. The first kappa shape index (κ1) is 25.9. The average molecular weight is 537 g/mol. The van der Waals surface area contributed by atoms with Gasteiger partial charge in [0.15, 0.2) is 5.96 Å². The summed E-state index contributed by atoms with van der Waals surface area (Å²) in [5, 5.41) is 10.5. The molecular formula is C20H30F2IN5O2. The second-order valence-electron chi connectivity index (χ2n) is 6.24. The van der Waals surface area contributed by atoms with Gasteiger partial charge in [-0.2, -0.15) is 13.9 Å². The Morgan fingerprint density at radius 2 is 2.10 bits per heavy atom. The van der Waals surface area contributed by atoms with Gasteiger partial charge in [-0.1, -0.05) is 6.92 Å². The number of hydrogen-bond donors (Lipinski definition) is 2. The van der Waals surface area contributed by atoms with Gasteiger partial charge >= 0.3 is 6.61 Å². The number of rotatable bonds is 12. The molecule has 7 nitrogen and oxygen atoms in total. The maximum atomic E-state index is 12.8. The molecule has 2 aromatic rings. The number of halogens is 3. The molecule has 0 aliphatic carbocycles. The summed E-state index contributed by atoms with van der Waals surface area (Å²) in [4.78, 5) is 4.48. The van der Waals surface area contributed by atoms with Crippen molar-refractivity contribution in [3.63, 3.8) is 0 Å². The standard InChI is InChI=1S/C20H29F2N5O2.HI/c1-3-13-28-17-8-7-16(18(14-17)29-19(21)22)15-25-20(23-4-2)24-9-5-11-27-12-6-10-26-27;/h6-8,10,12,14,19H,3-5,9,11,13,15H2,1-2H3,(H2,23,24,25);1H. The Morgan fingerprint density at radius 1 is 1.27 bits per heavy atom. The fourth-order valence-electron chi connectivity index (χ4n) is 2.57. The monoisotopic (exact) mass is 537 g/mol. The number of guanidine groups is 1. The van der Waals surface area contributed by atoms with E-state index in [4.69, 9.17) is 4.74 Å². The average Bonchev–Trinajstić information content (AvgIpc) is 3.21. The molecule has 10 heteroatoms. The Bertz CT molecular complexity index is 745. The van der Waals surface area contributed by atoms with Crippen molar-refractivity contribution >= 4 is 29.9 Å². The Kier molecular flexibility index (Phi) is 12.8. The predicted octanol–water partition coefficient (Wildman–Crippen LogP) is 4.04. The Hall–Kier alpha value is -2.11. The van der Waals surface area contributed by atoms with E-state index in [1.54, 1.807) is 18.3 Å². The number of aryl methyl sites for hydroxylation is 1. The number of nitrogens with one attached hydrogen (secondary N) is 2. The van der Waals surface area contributed by atoms with Gasteiger partial charge < -0.3 is 20.1 Å². The first-order valence-electron chi connectivity index (χ1n) is 9.82. The van der Waals surface area contributed by atoms with Gasteiger partial charge in [0.05, 0.1) is 13.2 Å². The van der Waals surface area contributed by atoms with Crippen LogP contribution in [-0.2, 0) is 13.1 Å². The third-order valence-electron chi connectivity index (χ3n) is 3.89. The fourth-order valence-corrected chi connectivity index (χ4v) is 2.57. The van der Waals surface area contributed by atoms with Crippen LogP contribution in [0, 0.1) is 0 Å². The maximum Gasteiger partial charge on any atom is 0.387 e. The molecule has 0 radical (unpaired) electrons. The van der Waals surface area contributed by atoms with E-state index in [1.165, 1.54) is 6.07 Å². The summed E-state index contributed by atoms with van der Waals surface area (Å²) < 4.78 is 37.6. The molecule has 0 amide bonds. The highest BCUT2D eigenvalue weighted by molar-refractivity contribution is 14.0. The number of alkyl halides is 2. The molecule has 0 unspecified atom stereocenters. The summed E-state index contributed by atoms with van der Waals surface area (Å²) >= 11 is 0. The van der Waals surface area contributed by atoms with Crippen molar-refractivity contribution in [1.82, 2.24) is 20.4 Å². The minimum absolute atomic E-state index is 0. The number of ether oxygens (including phenoxy) is 2. The highest BCUT2D eigenvalue weighted by atomic mass is 127. The van der Waals surface area contributed by atoms with Crippen LogP contribution in [0.2, 0.25) is 0 Å². The quantitative estimate of drug-likeness (QED) is 0.185. The van der Waals surface area contributed by atoms with Crippen LogP contribution in [0.15, 0.2) is 41.7 Å². The molecule has 0 saturated carbocycles. The molecule has 0 fully saturated rings. The largest absolute Gasteiger partial charge is 0.493 e. The van der Waals surface area contributed by atoms with Gasteiger partial charge in [-0.05, 0) is 38.0 Å². The zero-order chi connectivity index (χ0) is 20.9. The molecule has 2 rings (SSSR count). The highest BCUT2D eigenvalue weighted by Crippen LogP contribution is 2.27. The molecule has 30 heavy (non-hydrogen) atoms. The summed E-state index contributed by atoms with van der Waals surface area (Å²) in [6.07, 6.45) is 5.36. The molecule has 0 atom stereocenters. The van der Waals surface area contributed by atoms with Crippen LogP contribution in [0.3, 0.4) is 0 Å². The molecule has 0 aliphatic heterocycles. The van der Waals surface area contributed by atoms with Gasteiger partial charge in [0.2, 0.25) is 0 Å². The molecule has 0 spiro atoms. The minimum atomic E-state index is -2.91.